The van der Waals surface area contributed by atoms with E-state index < -0.39 is 0 Å². The van der Waals surface area contributed by atoms with Crippen LogP contribution in [-0.4, -0.2) is 30.5 Å². The largest absolute Gasteiger partial charge is 0.319 e. The third-order valence-corrected chi connectivity index (χ3v) is 5.40. The minimum Gasteiger partial charge on any atom is -0.319 e. The molecule has 0 aliphatic rings. The maximum absolute atomic E-state index is 13.9. The maximum Gasteiger partial charge on any atom is 0.256 e. The number of aromatic nitrogens is 5. The van der Waals surface area contributed by atoms with E-state index in [9.17, 15) is 9.18 Å². The van der Waals surface area contributed by atoms with Gasteiger partial charge in [0, 0.05) is 35.5 Å². The molecule has 0 fully saturated rings. The molecule has 0 spiro atoms. The highest BCUT2D eigenvalue weighted by molar-refractivity contribution is 6.13. The van der Waals surface area contributed by atoms with Gasteiger partial charge in [0.05, 0.1) is 41.4 Å². The number of para-hydroxylation sites is 1. The molecule has 3 heterocycles. The highest BCUT2D eigenvalue weighted by Crippen LogP contribution is 2.25. The molecule has 0 saturated heterocycles. The number of fused-ring (bicyclic) bond motifs is 1. The van der Waals surface area contributed by atoms with Crippen molar-refractivity contribution in [1.29, 1.82) is 0 Å². The van der Waals surface area contributed by atoms with Crippen LogP contribution in [0.4, 0.5) is 10.1 Å². The Morgan fingerprint density at radius 1 is 1.00 bits per heavy atom. The standard InChI is InChI=1S/C25H21FN6O/c1-2-31-15-18(12-27-31)24-11-21(20-8-4-6-10-23(20)30-24)25(33)29-19-13-28-32(16-19)14-17-7-3-5-9-22(17)26/h3-13,15-16H,2,14H2,1H3,(H,29,33). The van der Waals surface area contributed by atoms with E-state index in [0.29, 0.717) is 22.5 Å². The number of pyridine rings is 1. The van der Waals surface area contributed by atoms with E-state index in [1.165, 1.54) is 6.07 Å². The molecule has 2 aromatic carbocycles. The molecule has 8 heteroatoms. The van der Waals surface area contributed by atoms with Crippen LogP contribution in [0.25, 0.3) is 22.2 Å². The Morgan fingerprint density at radius 2 is 1.79 bits per heavy atom. The van der Waals surface area contributed by atoms with E-state index in [0.717, 1.165) is 23.0 Å². The SMILES string of the molecule is CCn1cc(-c2cc(C(=O)Nc3cnn(Cc4ccccc4F)c3)c3ccccc3n2)cn1. The van der Waals surface area contributed by atoms with Crippen molar-refractivity contribution in [2.75, 3.05) is 5.32 Å². The van der Waals surface area contributed by atoms with E-state index >= 15 is 0 Å². The quantitative estimate of drug-likeness (QED) is 0.413. The number of rotatable bonds is 6. The van der Waals surface area contributed by atoms with Gasteiger partial charge in [0.15, 0.2) is 0 Å². The van der Waals surface area contributed by atoms with E-state index in [1.54, 1.807) is 47.5 Å². The molecule has 0 aliphatic carbocycles. The predicted molar refractivity (Wildman–Crippen MR) is 124 cm³/mol. The van der Waals surface area contributed by atoms with Crippen LogP contribution in [0.3, 0.4) is 0 Å². The molecule has 0 unspecified atom stereocenters. The van der Waals surface area contributed by atoms with Gasteiger partial charge in [0.2, 0.25) is 0 Å². The Kier molecular flexibility index (Phi) is 5.40. The van der Waals surface area contributed by atoms with Gasteiger partial charge in [-0.1, -0.05) is 36.4 Å². The van der Waals surface area contributed by atoms with Crippen LogP contribution in [-0.2, 0) is 13.1 Å². The summed E-state index contributed by atoms with van der Waals surface area (Å²) in [6, 6.07) is 15.8. The van der Waals surface area contributed by atoms with E-state index in [-0.39, 0.29) is 18.3 Å². The summed E-state index contributed by atoms with van der Waals surface area (Å²) in [6.45, 7) is 3.03. The van der Waals surface area contributed by atoms with Crippen molar-refractivity contribution >= 4 is 22.5 Å². The highest BCUT2D eigenvalue weighted by Gasteiger charge is 2.16. The summed E-state index contributed by atoms with van der Waals surface area (Å²) in [7, 11) is 0. The van der Waals surface area contributed by atoms with Gasteiger partial charge in [-0.15, -0.1) is 0 Å². The molecular formula is C25H21FN6O. The van der Waals surface area contributed by atoms with Crippen molar-refractivity contribution in [2.45, 2.75) is 20.0 Å². The number of hydrogen-bond donors (Lipinski definition) is 1. The fourth-order valence-corrected chi connectivity index (χ4v) is 3.69. The molecule has 33 heavy (non-hydrogen) atoms. The summed E-state index contributed by atoms with van der Waals surface area (Å²) in [4.78, 5) is 18.0. The Bertz CT molecular complexity index is 1450. The Hall–Kier alpha value is -4.33. The van der Waals surface area contributed by atoms with Gasteiger partial charge in [-0.05, 0) is 25.1 Å². The number of halogens is 1. The lowest BCUT2D eigenvalue weighted by Crippen LogP contribution is -2.12. The number of amides is 1. The zero-order valence-electron chi connectivity index (χ0n) is 17.9. The van der Waals surface area contributed by atoms with Gasteiger partial charge >= 0.3 is 0 Å². The van der Waals surface area contributed by atoms with Gasteiger partial charge in [0.25, 0.3) is 5.91 Å². The van der Waals surface area contributed by atoms with Gasteiger partial charge in [-0.3, -0.25) is 14.2 Å². The first-order valence-corrected chi connectivity index (χ1v) is 10.6. The van der Waals surface area contributed by atoms with Crippen LogP contribution in [0.1, 0.15) is 22.8 Å². The van der Waals surface area contributed by atoms with Crippen LogP contribution >= 0.6 is 0 Å². The summed E-state index contributed by atoms with van der Waals surface area (Å²) in [6.07, 6.45) is 6.88. The third kappa shape index (κ3) is 4.23. The van der Waals surface area contributed by atoms with Crippen LogP contribution < -0.4 is 5.32 Å². The average molecular weight is 440 g/mol. The molecule has 5 rings (SSSR count). The normalized spacial score (nSPS) is 11.1. The minimum atomic E-state index is -0.291. The van der Waals surface area contributed by atoms with Crippen LogP contribution in [0, 0.1) is 5.82 Å². The second kappa shape index (κ2) is 8.66. The number of anilines is 1. The maximum atomic E-state index is 13.9. The lowest BCUT2D eigenvalue weighted by atomic mass is 10.0. The molecule has 1 amide bonds. The number of aryl methyl sites for hydroxylation is 1. The molecule has 0 radical (unpaired) electrons. The second-order valence-corrected chi connectivity index (χ2v) is 7.63. The molecule has 0 bridgehead atoms. The van der Waals surface area contributed by atoms with Gasteiger partial charge in [-0.25, -0.2) is 9.37 Å². The van der Waals surface area contributed by atoms with Crippen molar-refractivity contribution in [2.24, 2.45) is 0 Å². The molecule has 0 atom stereocenters. The molecule has 0 aliphatic heterocycles. The van der Waals surface area contributed by atoms with E-state index in [1.807, 2.05) is 42.1 Å². The molecule has 3 aromatic heterocycles. The Balaban J connectivity index is 1.44. The van der Waals surface area contributed by atoms with Crippen molar-refractivity contribution in [3.8, 4) is 11.3 Å². The fraction of sp³-hybridized carbons (Fsp3) is 0.120. The average Bonchev–Trinajstić information content (AvgIpc) is 3.49. The molecule has 7 nitrogen and oxygen atoms in total. The zero-order valence-corrected chi connectivity index (χ0v) is 17.9. The van der Waals surface area contributed by atoms with Crippen molar-refractivity contribution < 1.29 is 9.18 Å². The molecule has 1 N–H and O–H groups in total. The third-order valence-electron chi connectivity index (χ3n) is 5.40. The summed E-state index contributed by atoms with van der Waals surface area (Å²) >= 11 is 0. The lowest BCUT2D eigenvalue weighted by Gasteiger charge is -2.09. The smallest absolute Gasteiger partial charge is 0.256 e. The first-order valence-electron chi connectivity index (χ1n) is 10.6. The summed E-state index contributed by atoms with van der Waals surface area (Å²) < 4.78 is 17.3. The molecule has 164 valence electrons. The van der Waals surface area contributed by atoms with Gasteiger partial charge in [0.1, 0.15) is 5.82 Å². The first kappa shape index (κ1) is 20.6. The first-order chi connectivity index (χ1) is 16.1. The zero-order chi connectivity index (χ0) is 22.8. The van der Waals surface area contributed by atoms with Crippen molar-refractivity contribution in [1.82, 2.24) is 24.5 Å². The second-order valence-electron chi connectivity index (χ2n) is 7.63. The number of carbonyl (C=O) groups excluding carboxylic acids is 1. The summed E-state index contributed by atoms with van der Waals surface area (Å²) in [5.74, 6) is -0.566. The minimum absolute atomic E-state index is 0.270. The van der Waals surface area contributed by atoms with E-state index in [2.05, 4.69) is 15.5 Å². The van der Waals surface area contributed by atoms with Crippen LogP contribution in [0.15, 0.2) is 79.4 Å². The molecule has 0 saturated carbocycles. The van der Waals surface area contributed by atoms with Crippen molar-refractivity contribution in [3.05, 3.63) is 96.3 Å². The predicted octanol–water partition coefficient (Wildman–Crippen LogP) is 4.75. The van der Waals surface area contributed by atoms with Gasteiger partial charge in [-0.2, -0.15) is 10.2 Å². The summed E-state index contributed by atoms with van der Waals surface area (Å²) in [5, 5.41) is 12.2. The number of benzene rings is 2. The number of nitrogens with zero attached hydrogens (tertiary/aromatic N) is 5. The van der Waals surface area contributed by atoms with Crippen LogP contribution in [0.5, 0.6) is 0 Å². The molecular weight excluding hydrogens is 419 g/mol. The number of hydrogen-bond acceptors (Lipinski definition) is 4. The monoisotopic (exact) mass is 440 g/mol. The van der Waals surface area contributed by atoms with Gasteiger partial charge < -0.3 is 5.32 Å². The fourth-order valence-electron chi connectivity index (χ4n) is 3.69. The molecule has 5 aromatic rings. The van der Waals surface area contributed by atoms with Crippen molar-refractivity contribution in [3.63, 3.8) is 0 Å². The van der Waals surface area contributed by atoms with E-state index in [4.69, 9.17) is 4.98 Å². The number of nitrogens with one attached hydrogen (secondary N) is 1. The lowest BCUT2D eigenvalue weighted by molar-refractivity contribution is 0.102. The number of carbonyl (C=O) groups is 1. The topological polar surface area (TPSA) is 77.6 Å². The Morgan fingerprint density at radius 3 is 2.61 bits per heavy atom. The highest BCUT2D eigenvalue weighted by atomic mass is 19.1. The summed E-state index contributed by atoms with van der Waals surface area (Å²) in [5.41, 5.74) is 3.79. The Labute approximate surface area is 189 Å². The van der Waals surface area contributed by atoms with Crippen LogP contribution in [0.2, 0.25) is 0 Å².